The standard InChI is InChI=1S/C24H29ClN4O4/c1-2-3-4-6-18-14-27(15-22(30)28-12-5-7-20(28)24(32)33)23(31)21-13-19(26-29(18)21)16-8-10-17(25)11-9-16/h8-11,13,18,20H,2-7,12,14-15H2,1H3,(H,32,33). The summed E-state index contributed by atoms with van der Waals surface area (Å²) in [6.07, 6.45) is 5.13. The summed E-state index contributed by atoms with van der Waals surface area (Å²) in [5, 5.41) is 14.8. The predicted octanol–water partition coefficient (Wildman–Crippen LogP) is 3.86. The van der Waals surface area contributed by atoms with Gasteiger partial charge in [-0.25, -0.2) is 4.79 Å². The van der Waals surface area contributed by atoms with Crippen LogP contribution in [0.1, 0.15) is 62.0 Å². The summed E-state index contributed by atoms with van der Waals surface area (Å²) in [6, 6.07) is 8.24. The summed E-state index contributed by atoms with van der Waals surface area (Å²) < 4.78 is 1.80. The number of benzene rings is 1. The summed E-state index contributed by atoms with van der Waals surface area (Å²) in [6.45, 7) is 2.82. The number of likely N-dealkylation sites (tertiary alicyclic amines) is 1. The van der Waals surface area contributed by atoms with Gasteiger partial charge >= 0.3 is 5.97 Å². The molecule has 1 fully saturated rings. The molecule has 2 unspecified atom stereocenters. The Morgan fingerprint density at radius 2 is 1.97 bits per heavy atom. The first-order valence-corrected chi connectivity index (χ1v) is 11.9. The van der Waals surface area contributed by atoms with Gasteiger partial charge in [-0.3, -0.25) is 14.3 Å². The summed E-state index contributed by atoms with van der Waals surface area (Å²) in [5.74, 6) is -1.56. The molecule has 0 bridgehead atoms. The molecule has 2 amide bonds. The van der Waals surface area contributed by atoms with Gasteiger partial charge in [-0.05, 0) is 37.5 Å². The van der Waals surface area contributed by atoms with E-state index in [1.165, 1.54) is 4.90 Å². The van der Waals surface area contributed by atoms with Crippen molar-refractivity contribution in [1.82, 2.24) is 19.6 Å². The Kier molecular flexibility index (Phi) is 7.02. The maximum absolute atomic E-state index is 13.3. The number of carboxylic acid groups (broad SMARTS) is 1. The summed E-state index contributed by atoms with van der Waals surface area (Å²) in [7, 11) is 0. The summed E-state index contributed by atoms with van der Waals surface area (Å²) >= 11 is 6.01. The second kappa shape index (κ2) is 9.95. The zero-order valence-electron chi connectivity index (χ0n) is 18.7. The van der Waals surface area contributed by atoms with Gasteiger partial charge in [0.2, 0.25) is 5.91 Å². The van der Waals surface area contributed by atoms with Gasteiger partial charge in [0.1, 0.15) is 18.3 Å². The number of carbonyl (C=O) groups excluding carboxylic acids is 2. The molecule has 1 aromatic carbocycles. The minimum absolute atomic E-state index is 0.0352. The van der Waals surface area contributed by atoms with Crippen LogP contribution in [0, 0.1) is 0 Å². The largest absolute Gasteiger partial charge is 0.480 e. The number of carbonyl (C=O) groups is 3. The van der Waals surface area contributed by atoms with Crippen LogP contribution >= 0.6 is 11.6 Å². The van der Waals surface area contributed by atoms with E-state index in [9.17, 15) is 19.5 Å². The number of nitrogens with zero attached hydrogens (tertiary/aromatic N) is 4. The zero-order valence-corrected chi connectivity index (χ0v) is 19.5. The molecule has 0 spiro atoms. The number of amides is 2. The number of carboxylic acids is 1. The number of hydrogen-bond donors (Lipinski definition) is 1. The lowest BCUT2D eigenvalue weighted by molar-refractivity contribution is -0.148. The van der Waals surface area contributed by atoms with Gasteiger partial charge in [-0.2, -0.15) is 5.10 Å². The third kappa shape index (κ3) is 4.90. The Morgan fingerprint density at radius 1 is 1.21 bits per heavy atom. The Hall–Kier alpha value is -2.87. The fourth-order valence-electron chi connectivity index (χ4n) is 4.73. The maximum Gasteiger partial charge on any atom is 0.326 e. The van der Waals surface area contributed by atoms with E-state index >= 15 is 0 Å². The van der Waals surface area contributed by atoms with E-state index in [4.69, 9.17) is 16.7 Å². The molecule has 1 N–H and O–H groups in total. The van der Waals surface area contributed by atoms with Gasteiger partial charge in [0.15, 0.2) is 0 Å². The lowest BCUT2D eigenvalue weighted by Gasteiger charge is -2.34. The van der Waals surface area contributed by atoms with E-state index in [1.54, 1.807) is 27.8 Å². The fraction of sp³-hybridized carbons (Fsp3) is 0.500. The molecule has 2 atom stereocenters. The van der Waals surface area contributed by atoms with Gasteiger partial charge in [0.25, 0.3) is 5.91 Å². The highest BCUT2D eigenvalue weighted by Crippen LogP contribution is 2.30. The molecule has 0 radical (unpaired) electrons. The first kappa shape index (κ1) is 23.3. The van der Waals surface area contributed by atoms with Gasteiger partial charge in [0, 0.05) is 23.7 Å². The van der Waals surface area contributed by atoms with E-state index in [2.05, 4.69) is 6.92 Å². The van der Waals surface area contributed by atoms with E-state index in [0.29, 0.717) is 42.3 Å². The second-order valence-electron chi connectivity index (χ2n) is 8.78. The third-order valence-corrected chi connectivity index (χ3v) is 6.74. The number of rotatable bonds is 8. The monoisotopic (exact) mass is 472 g/mol. The number of halogens is 1. The fourth-order valence-corrected chi connectivity index (χ4v) is 4.85. The van der Waals surface area contributed by atoms with Crippen molar-refractivity contribution in [2.24, 2.45) is 0 Å². The lowest BCUT2D eigenvalue weighted by Crippen LogP contribution is -2.50. The molecular weight excluding hydrogens is 444 g/mol. The van der Waals surface area contributed by atoms with Crippen LogP contribution in [0.25, 0.3) is 11.3 Å². The maximum atomic E-state index is 13.3. The number of fused-ring (bicyclic) bond motifs is 1. The Labute approximate surface area is 198 Å². The SMILES string of the molecule is CCCCCC1CN(CC(=O)N2CCCC2C(=O)O)C(=O)c2cc(-c3ccc(Cl)cc3)nn21. The van der Waals surface area contributed by atoms with Gasteiger partial charge in [-0.1, -0.05) is 49.9 Å². The smallest absolute Gasteiger partial charge is 0.326 e. The molecular formula is C24H29ClN4O4. The van der Waals surface area contributed by atoms with Crippen molar-refractivity contribution in [3.63, 3.8) is 0 Å². The normalized spacial score (nSPS) is 20.2. The molecule has 176 valence electrons. The van der Waals surface area contributed by atoms with E-state index in [-0.39, 0.29) is 24.4 Å². The number of hydrogen-bond acceptors (Lipinski definition) is 4. The molecule has 1 aromatic heterocycles. The van der Waals surface area contributed by atoms with Crippen LogP contribution in [0.4, 0.5) is 0 Å². The molecule has 33 heavy (non-hydrogen) atoms. The molecule has 2 aliphatic heterocycles. The second-order valence-corrected chi connectivity index (χ2v) is 9.22. The van der Waals surface area contributed by atoms with E-state index in [0.717, 1.165) is 31.2 Å². The van der Waals surface area contributed by atoms with Gasteiger partial charge < -0.3 is 14.9 Å². The van der Waals surface area contributed by atoms with E-state index < -0.39 is 12.0 Å². The van der Waals surface area contributed by atoms with E-state index in [1.807, 2.05) is 12.1 Å². The van der Waals surface area contributed by atoms with Crippen LogP contribution in [0.5, 0.6) is 0 Å². The molecule has 1 saturated heterocycles. The topological polar surface area (TPSA) is 95.7 Å². The van der Waals surface area contributed by atoms with Crippen LogP contribution in [0.2, 0.25) is 5.02 Å². The molecule has 4 rings (SSSR count). The molecule has 9 heteroatoms. The number of aliphatic carboxylic acids is 1. The molecule has 8 nitrogen and oxygen atoms in total. The third-order valence-electron chi connectivity index (χ3n) is 6.48. The molecule has 3 heterocycles. The van der Waals surface area contributed by atoms with Crippen molar-refractivity contribution in [2.75, 3.05) is 19.6 Å². The van der Waals surface area contributed by atoms with Crippen LogP contribution in [0.3, 0.4) is 0 Å². The molecule has 0 saturated carbocycles. The summed E-state index contributed by atoms with van der Waals surface area (Å²) in [4.78, 5) is 40.7. The van der Waals surface area contributed by atoms with Crippen LogP contribution in [0.15, 0.2) is 30.3 Å². The average Bonchev–Trinajstić information content (AvgIpc) is 3.45. The highest BCUT2D eigenvalue weighted by molar-refractivity contribution is 6.30. The van der Waals surface area contributed by atoms with Gasteiger partial charge in [-0.15, -0.1) is 0 Å². The van der Waals surface area contributed by atoms with Crippen molar-refractivity contribution < 1.29 is 19.5 Å². The Bertz CT molecular complexity index is 1040. The minimum atomic E-state index is -0.992. The number of aromatic nitrogens is 2. The van der Waals surface area contributed by atoms with Gasteiger partial charge in [0.05, 0.1) is 11.7 Å². The lowest BCUT2D eigenvalue weighted by atomic mass is 10.0. The highest BCUT2D eigenvalue weighted by Gasteiger charge is 2.38. The average molecular weight is 473 g/mol. The Morgan fingerprint density at radius 3 is 2.67 bits per heavy atom. The van der Waals surface area contributed by atoms with Crippen molar-refractivity contribution >= 4 is 29.4 Å². The van der Waals surface area contributed by atoms with Crippen LogP contribution in [-0.4, -0.2) is 68.1 Å². The predicted molar refractivity (Wildman–Crippen MR) is 124 cm³/mol. The zero-order chi connectivity index (χ0) is 23.5. The van der Waals surface area contributed by atoms with Crippen LogP contribution < -0.4 is 0 Å². The first-order valence-electron chi connectivity index (χ1n) is 11.6. The molecule has 2 aromatic rings. The minimum Gasteiger partial charge on any atom is -0.480 e. The Balaban J connectivity index is 1.58. The quantitative estimate of drug-likeness (QED) is 0.588. The first-order chi connectivity index (χ1) is 15.9. The molecule has 2 aliphatic rings. The number of unbranched alkanes of at least 4 members (excludes halogenated alkanes) is 2. The van der Waals surface area contributed by atoms with Crippen molar-refractivity contribution in [2.45, 2.75) is 57.5 Å². The van der Waals surface area contributed by atoms with Crippen molar-refractivity contribution in [1.29, 1.82) is 0 Å². The molecule has 0 aliphatic carbocycles. The van der Waals surface area contributed by atoms with Crippen molar-refractivity contribution in [3.05, 3.63) is 41.0 Å². The summed E-state index contributed by atoms with van der Waals surface area (Å²) in [5.41, 5.74) is 2.01. The van der Waals surface area contributed by atoms with Crippen LogP contribution in [-0.2, 0) is 9.59 Å². The highest BCUT2D eigenvalue weighted by atomic mass is 35.5. The van der Waals surface area contributed by atoms with Crippen molar-refractivity contribution in [3.8, 4) is 11.3 Å².